The molecule has 0 saturated heterocycles. The predicted molar refractivity (Wildman–Crippen MR) is 97.8 cm³/mol. The first-order valence-corrected chi connectivity index (χ1v) is 8.00. The summed E-state index contributed by atoms with van der Waals surface area (Å²) in [4.78, 5) is 20.1. The second-order valence-corrected chi connectivity index (χ2v) is 5.80. The monoisotopic (exact) mass is 364 g/mol. The molecule has 10 nitrogen and oxygen atoms in total. The second-order valence-electron chi connectivity index (χ2n) is 5.80. The number of primary amides is 1. The molecule has 27 heavy (non-hydrogen) atoms. The van der Waals surface area contributed by atoms with E-state index in [-0.39, 0.29) is 0 Å². The van der Waals surface area contributed by atoms with Gasteiger partial charge in [-0.2, -0.15) is 10.1 Å². The molecule has 1 aromatic carbocycles. The Hall–Kier alpha value is -3.95. The minimum absolute atomic E-state index is 0.300. The second kappa shape index (κ2) is 6.41. The fourth-order valence-corrected chi connectivity index (χ4v) is 2.72. The van der Waals surface area contributed by atoms with E-state index in [0.717, 1.165) is 11.3 Å². The predicted octanol–water partition coefficient (Wildman–Crippen LogP) is 1.38. The number of nitrogens with two attached hydrogens (primary N) is 1. The molecule has 0 aliphatic carbocycles. The van der Waals surface area contributed by atoms with E-state index in [1.807, 2.05) is 13.2 Å². The van der Waals surface area contributed by atoms with E-state index in [1.165, 1.54) is 7.11 Å². The van der Waals surface area contributed by atoms with Crippen LogP contribution in [-0.2, 0) is 7.05 Å². The molecule has 136 valence electrons. The zero-order chi connectivity index (χ0) is 19.0. The van der Waals surface area contributed by atoms with Gasteiger partial charge in [0.15, 0.2) is 5.65 Å². The maximum atomic E-state index is 11.4. The van der Waals surface area contributed by atoms with Gasteiger partial charge in [0, 0.05) is 30.6 Å². The molecule has 1 amide bonds. The number of nitrogens with zero attached hydrogens (tertiary/aromatic N) is 6. The number of carbonyl (C=O) groups excluding carboxylic acids is 1. The topological polar surface area (TPSA) is 125 Å². The highest BCUT2D eigenvalue weighted by atomic mass is 16.5. The smallest absolute Gasteiger partial charge is 0.252 e. The zero-order valence-corrected chi connectivity index (χ0v) is 14.6. The van der Waals surface area contributed by atoms with Gasteiger partial charge in [0.1, 0.15) is 5.75 Å². The number of fused-ring (bicyclic) bond motifs is 1. The van der Waals surface area contributed by atoms with Gasteiger partial charge in [-0.05, 0) is 12.1 Å². The highest BCUT2D eigenvalue weighted by Crippen LogP contribution is 2.25. The Balaban J connectivity index is 1.70. The largest absolute Gasteiger partial charge is 0.496 e. The van der Waals surface area contributed by atoms with E-state index in [1.54, 1.807) is 46.0 Å². The Bertz CT molecular complexity index is 1150. The summed E-state index contributed by atoms with van der Waals surface area (Å²) < 4.78 is 8.60. The number of methoxy groups -OCH3 is 1. The van der Waals surface area contributed by atoms with Crippen molar-refractivity contribution in [2.45, 2.75) is 0 Å². The number of carbonyl (C=O) groups is 1. The summed E-state index contributed by atoms with van der Waals surface area (Å²) in [6.45, 7) is 0. The van der Waals surface area contributed by atoms with Crippen LogP contribution >= 0.6 is 0 Å². The van der Waals surface area contributed by atoms with Crippen molar-refractivity contribution in [3.8, 4) is 17.0 Å². The summed E-state index contributed by atoms with van der Waals surface area (Å²) in [5, 5.41) is 11.8. The lowest BCUT2D eigenvalue weighted by Gasteiger charge is -2.08. The maximum Gasteiger partial charge on any atom is 0.252 e. The van der Waals surface area contributed by atoms with E-state index in [4.69, 9.17) is 10.5 Å². The van der Waals surface area contributed by atoms with E-state index in [2.05, 4.69) is 25.5 Å². The Morgan fingerprint density at radius 3 is 2.81 bits per heavy atom. The van der Waals surface area contributed by atoms with Crippen molar-refractivity contribution >= 4 is 23.2 Å². The average Bonchev–Trinajstić information content (AvgIpc) is 3.26. The lowest BCUT2D eigenvalue weighted by atomic mass is 10.1. The first-order chi connectivity index (χ1) is 13.0. The van der Waals surface area contributed by atoms with E-state index < -0.39 is 5.91 Å². The van der Waals surface area contributed by atoms with Crippen molar-refractivity contribution in [1.29, 1.82) is 0 Å². The molecule has 4 aromatic rings. The standard InChI is InChI=1S/C17H16N8O2/c1-24-9-10(6-20-24)13-7-19-8-15-22-17(23-25(13)15)21-11-3-4-12(16(18)26)14(5-11)27-2/h3-9H,1-2H3,(H2,18,26)(H,21,23). The van der Waals surface area contributed by atoms with Gasteiger partial charge in [-0.1, -0.05) is 0 Å². The van der Waals surface area contributed by atoms with Crippen molar-refractivity contribution in [3.05, 3.63) is 48.5 Å². The molecule has 0 aliphatic rings. The van der Waals surface area contributed by atoms with Crippen molar-refractivity contribution in [2.75, 3.05) is 12.4 Å². The van der Waals surface area contributed by atoms with Crippen LogP contribution in [0.5, 0.6) is 5.75 Å². The van der Waals surface area contributed by atoms with Gasteiger partial charge in [-0.25, -0.2) is 4.52 Å². The molecule has 4 rings (SSSR count). The maximum absolute atomic E-state index is 11.4. The summed E-state index contributed by atoms with van der Waals surface area (Å²) >= 11 is 0. The third kappa shape index (κ3) is 3.03. The third-order valence-electron chi connectivity index (χ3n) is 3.97. The number of rotatable bonds is 5. The first-order valence-electron chi connectivity index (χ1n) is 8.00. The Kier molecular flexibility index (Phi) is 3.92. The lowest BCUT2D eigenvalue weighted by Crippen LogP contribution is -2.12. The summed E-state index contributed by atoms with van der Waals surface area (Å²) in [7, 11) is 3.31. The van der Waals surface area contributed by atoms with Crippen molar-refractivity contribution in [3.63, 3.8) is 0 Å². The van der Waals surface area contributed by atoms with Crippen LogP contribution in [0.15, 0.2) is 43.0 Å². The quantitative estimate of drug-likeness (QED) is 0.548. The third-order valence-corrected chi connectivity index (χ3v) is 3.97. The highest BCUT2D eigenvalue weighted by molar-refractivity contribution is 5.96. The van der Waals surface area contributed by atoms with Crippen LogP contribution in [0.2, 0.25) is 0 Å². The van der Waals surface area contributed by atoms with Crippen LogP contribution < -0.4 is 15.8 Å². The van der Waals surface area contributed by atoms with E-state index in [9.17, 15) is 4.79 Å². The number of anilines is 2. The summed E-state index contributed by atoms with van der Waals surface area (Å²) in [5.74, 6) is 0.187. The highest BCUT2D eigenvalue weighted by Gasteiger charge is 2.13. The molecule has 0 bridgehead atoms. The summed E-state index contributed by atoms with van der Waals surface area (Å²) in [5.41, 5.74) is 8.52. The molecular weight excluding hydrogens is 348 g/mol. The van der Waals surface area contributed by atoms with Gasteiger partial charge in [0.05, 0.1) is 37.0 Å². The molecular formula is C17H16N8O2. The number of ether oxygens (including phenoxy) is 1. The average molecular weight is 364 g/mol. The molecule has 0 saturated carbocycles. The molecule has 0 unspecified atom stereocenters. The molecule has 10 heteroatoms. The summed E-state index contributed by atoms with van der Waals surface area (Å²) in [6, 6.07) is 4.95. The molecule has 3 N–H and O–H groups in total. The number of amides is 1. The fraction of sp³-hybridized carbons (Fsp3) is 0.118. The van der Waals surface area contributed by atoms with Crippen LogP contribution in [0.25, 0.3) is 16.9 Å². The van der Waals surface area contributed by atoms with Gasteiger partial charge >= 0.3 is 0 Å². The summed E-state index contributed by atoms with van der Waals surface area (Å²) in [6.07, 6.45) is 6.93. The van der Waals surface area contributed by atoms with Crippen LogP contribution in [-0.4, -0.2) is 42.4 Å². The minimum Gasteiger partial charge on any atom is -0.496 e. The lowest BCUT2D eigenvalue weighted by molar-refractivity contribution is 0.0997. The van der Waals surface area contributed by atoms with Gasteiger partial charge < -0.3 is 15.8 Å². The number of aromatic nitrogens is 6. The number of hydrogen-bond donors (Lipinski definition) is 2. The number of nitrogens with one attached hydrogen (secondary N) is 1. The molecule has 0 aliphatic heterocycles. The van der Waals surface area contributed by atoms with Crippen molar-refractivity contribution in [1.82, 2.24) is 29.4 Å². The Morgan fingerprint density at radius 1 is 1.26 bits per heavy atom. The van der Waals surface area contributed by atoms with Crippen LogP contribution in [0.3, 0.4) is 0 Å². The number of aryl methyl sites for hydroxylation is 1. The zero-order valence-electron chi connectivity index (χ0n) is 14.6. The molecule has 0 spiro atoms. The fourth-order valence-electron chi connectivity index (χ4n) is 2.72. The van der Waals surface area contributed by atoms with Crippen LogP contribution in [0.4, 0.5) is 11.6 Å². The molecule has 3 aromatic heterocycles. The SMILES string of the molecule is COc1cc(Nc2nc3cncc(-c4cnn(C)c4)n3n2)ccc1C(N)=O. The first kappa shape index (κ1) is 16.5. The van der Waals surface area contributed by atoms with E-state index in [0.29, 0.717) is 28.6 Å². The van der Waals surface area contributed by atoms with Crippen molar-refractivity contribution < 1.29 is 9.53 Å². The van der Waals surface area contributed by atoms with Crippen LogP contribution in [0, 0.1) is 0 Å². The van der Waals surface area contributed by atoms with Gasteiger partial charge in [0.25, 0.3) is 5.91 Å². The number of hydrogen-bond acceptors (Lipinski definition) is 7. The molecule has 0 atom stereocenters. The molecule has 3 heterocycles. The minimum atomic E-state index is -0.559. The normalized spacial score (nSPS) is 10.9. The number of benzene rings is 1. The Morgan fingerprint density at radius 2 is 2.11 bits per heavy atom. The van der Waals surface area contributed by atoms with Crippen LogP contribution in [0.1, 0.15) is 10.4 Å². The Labute approximate surface area is 153 Å². The van der Waals surface area contributed by atoms with Gasteiger partial charge in [-0.3, -0.25) is 14.5 Å². The molecule has 0 fully saturated rings. The molecule has 0 radical (unpaired) electrons. The van der Waals surface area contributed by atoms with Gasteiger partial charge in [-0.15, -0.1) is 5.10 Å². The van der Waals surface area contributed by atoms with E-state index >= 15 is 0 Å². The van der Waals surface area contributed by atoms with Crippen molar-refractivity contribution in [2.24, 2.45) is 12.8 Å². The van der Waals surface area contributed by atoms with Gasteiger partial charge in [0.2, 0.25) is 5.95 Å².